The fourth-order valence-electron chi connectivity index (χ4n) is 4.42. The van der Waals surface area contributed by atoms with Gasteiger partial charge in [-0.1, -0.05) is 30.3 Å². The van der Waals surface area contributed by atoms with E-state index in [0.29, 0.717) is 12.2 Å². The number of halogens is 4. The topological polar surface area (TPSA) is 43.4 Å². The molecule has 4 nitrogen and oxygen atoms in total. The standard InChI is InChI=1S/C26H26F4N2O2/c1-33-24-14-22(23(27)15-32-24)19-11-18(12-21(13-19)26(28,29)30)16-34-17-25(7-9-31-10-8-25)20-5-3-2-4-6-20/h2-6,11-15,31H,7-10,16-17H2,1H3. The van der Waals surface area contributed by atoms with Crippen molar-refractivity contribution in [2.45, 2.75) is 31.0 Å². The lowest BCUT2D eigenvalue weighted by Crippen LogP contribution is -2.43. The molecule has 0 unspecified atom stereocenters. The Kier molecular flexibility index (Phi) is 7.19. The fourth-order valence-corrected chi connectivity index (χ4v) is 4.42. The average Bonchev–Trinajstić information content (AvgIpc) is 2.85. The Morgan fingerprint density at radius 2 is 1.76 bits per heavy atom. The highest BCUT2D eigenvalue weighted by Crippen LogP contribution is 2.36. The zero-order valence-electron chi connectivity index (χ0n) is 18.8. The molecule has 0 amide bonds. The van der Waals surface area contributed by atoms with Crippen LogP contribution in [0.15, 0.2) is 60.8 Å². The Labute approximate surface area is 195 Å². The van der Waals surface area contributed by atoms with Gasteiger partial charge < -0.3 is 14.8 Å². The molecule has 0 spiro atoms. The lowest BCUT2D eigenvalue weighted by atomic mass is 9.74. The van der Waals surface area contributed by atoms with Crippen molar-refractivity contribution >= 4 is 0 Å². The smallest absolute Gasteiger partial charge is 0.416 e. The first-order chi connectivity index (χ1) is 16.3. The van der Waals surface area contributed by atoms with E-state index in [2.05, 4.69) is 22.4 Å². The second kappa shape index (κ2) is 10.1. The van der Waals surface area contributed by atoms with Crippen LogP contribution in [0.3, 0.4) is 0 Å². The van der Waals surface area contributed by atoms with Crippen LogP contribution in [-0.2, 0) is 22.9 Å². The molecule has 0 aliphatic carbocycles. The molecule has 1 saturated heterocycles. The Morgan fingerprint density at radius 3 is 2.44 bits per heavy atom. The summed E-state index contributed by atoms with van der Waals surface area (Å²) in [6.45, 7) is 2.04. The molecule has 34 heavy (non-hydrogen) atoms. The van der Waals surface area contributed by atoms with Crippen molar-refractivity contribution in [2.75, 3.05) is 26.8 Å². The van der Waals surface area contributed by atoms with E-state index in [0.717, 1.165) is 49.8 Å². The zero-order chi connectivity index (χ0) is 24.2. The number of alkyl halides is 3. The van der Waals surface area contributed by atoms with Gasteiger partial charge in [-0.05, 0) is 60.8 Å². The van der Waals surface area contributed by atoms with Gasteiger partial charge in [0.05, 0.1) is 32.1 Å². The molecular formula is C26H26F4N2O2. The van der Waals surface area contributed by atoms with E-state index in [4.69, 9.17) is 9.47 Å². The number of hydrogen-bond donors (Lipinski definition) is 1. The quantitative estimate of drug-likeness (QED) is 0.443. The summed E-state index contributed by atoms with van der Waals surface area (Å²) >= 11 is 0. The van der Waals surface area contributed by atoms with E-state index in [1.54, 1.807) is 0 Å². The third kappa shape index (κ3) is 5.39. The molecule has 1 aliphatic heterocycles. The molecule has 180 valence electrons. The maximum Gasteiger partial charge on any atom is 0.416 e. The van der Waals surface area contributed by atoms with Crippen LogP contribution < -0.4 is 10.1 Å². The first-order valence-corrected chi connectivity index (χ1v) is 11.1. The first kappa shape index (κ1) is 24.2. The largest absolute Gasteiger partial charge is 0.481 e. The number of nitrogens with one attached hydrogen (secondary N) is 1. The lowest BCUT2D eigenvalue weighted by Gasteiger charge is -2.38. The Morgan fingerprint density at radius 1 is 1.03 bits per heavy atom. The van der Waals surface area contributed by atoms with Gasteiger partial charge in [-0.25, -0.2) is 9.37 Å². The summed E-state index contributed by atoms with van der Waals surface area (Å²) in [6, 6.07) is 14.8. The molecule has 0 atom stereocenters. The minimum atomic E-state index is -4.58. The second-order valence-electron chi connectivity index (χ2n) is 8.51. The maximum atomic E-state index is 14.4. The summed E-state index contributed by atoms with van der Waals surface area (Å²) in [4.78, 5) is 3.77. The highest BCUT2D eigenvalue weighted by atomic mass is 19.4. The van der Waals surface area contributed by atoms with Gasteiger partial charge in [-0.3, -0.25) is 0 Å². The van der Waals surface area contributed by atoms with Crippen LogP contribution in [0.5, 0.6) is 5.88 Å². The van der Waals surface area contributed by atoms with Crippen LogP contribution in [0.2, 0.25) is 0 Å². The van der Waals surface area contributed by atoms with Gasteiger partial charge in [0.25, 0.3) is 0 Å². The molecule has 0 radical (unpaired) electrons. The fraction of sp³-hybridized carbons (Fsp3) is 0.346. The number of rotatable bonds is 7. The van der Waals surface area contributed by atoms with Crippen molar-refractivity contribution in [2.24, 2.45) is 0 Å². The van der Waals surface area contributed by atoms with Crippen molar-refractivity contribution in [1.29, 1.82) is 0 Å². The molecule has 8 heteroatoms. The molecule has 4 rings (SSSR count). The van der Waals surface area contributed by atoms with Gasteiger partial charge in [-0.15, -0.1) is 0 Å². The predicted octanol–water partition coefficient (Wildman–Crippen LogP) is 5.75. The number of aromatic nitrogens is 1. The Bertz CT molecular complexity index is 1110. The molecule has 1 N–H and O–H groups in total. The third-order valence-electron chi connectivity index (χ3n) is 6.26. The predicted molar refractivity (Wildman–Crippen MR) is 121 cm³/mol. The van der Waals surface area contributed by atoms with Gasteiger partial charge in [0.15, 0.2) is 0 Å². The molecule has 2 aromatic carbocycles. The number of nitrogens with zero attached hydrogens (tertiary/aromatic N) is 1. The van der Waals surface area contributed by atoms with Crippen molar-refractivity contribution < 1.29 is 27.0 Å². The van der Waals surface area contributed by atoms with Crippen LogP contribution in [-0.4, -0.2) is 31.8 Å². The van der Waals surface area contributed by atoms with Crippen LogP contribution in [0.25, 0.3) is 11.1 Å². The van der Waals surface area contributed by atoms with Crippen molar-refractivity contribution in [1.82, 2.24) is 10.3 Å². The molecule has 1 fully saturated rings. The van der Waals surface area contributed by atoms with E-state index >= 15 is 0 Å². The van der Waals surface area contributed by atoms with Crippen molar-refractivity contribution in [3.8, 4) is 17.0 Å². The highest BCUT2D eigenvalue weighted by Gasteiger charge is 2.35. The number of ether oxygens (including phenoxy) is 2. The summed E-state index contributed by atoms with van der Waals surface area (Å²) in [5, 5.41) is 3.35. The van der Waals surface area contributed by atoms with E-state index in [-0.39, 0.29) is 29.0 Å². The average molecular weight is 474 g/mol. The monoisotopic (exact) mass is 474 g/mol. The van der Waals surface area contributed by atoms with Crippen molar-refractivity contribution in [3.05, 3.63) is 83.3 Å². The van der Waals surface area contributed by atoms with Crippen LogP contribution in [0.1, 0.15) is 29.5 Å². The van der Waals surface area contributed by atoms with E-state index in [9.17, 15) is 17.6 Å². The number of pyridine rings is 1. The van der Waals surface area contributed by atoms with Crippen LogP contribution in [0, 0.1) is 5.82 Å². The molecule has 0 bridgehead atoms. The van der Waals surface area contributed by atoms with E-state index in [1.807, 2.05) is 18.2 Å². The normalized spacial score (nSPS) is 15.8. The third-order valence-corrected chi connectivity index (χ3v) is 6.26. The summed E-state index contributed by atoms with van der Waals surface area (Å²) in [5.74, 6) is -0.618. The molecular weight excluding hydrogens is 448 g/mol. The number of piperidine rings is 1. The lowest BCUT2D eigenvalue weighted by molar-refractivity contribution is -0.137. The molecule has 1 aliphatic rings. The number of methoxy groups -OCH3 is 1. The van der Waals surface area contributed by atoms with Crippen LogP contribution in [0.4, 0.5) is 17.6 Å². The van der Waals surface area contributed by atoms with Gasteiger partial charge in [0.2, 0.25) is 5.88 Å². The summed E-state index contributed by atoms with van der Waals surface area (Å²) in [7, 11) is 1.36. The van der Waals surface area contributed by atoms with Gasteiger partial charge in [0.1, 0.15) is 5.82 Å². The summed E-state index contributed by atoms with van der Waals surface area (Å²) in [5.41, 5.74) is 0.481. The Hall–Kier alpha value is -2.97. The SMILES string of the molecule is COc1cc(-c2cc(COCC3(c4ccccc4)CCNCC3)cc(C(F)(F)F)c2)c(F)cn1. The molecule has 2 heterocycles. The number of hydrogen-bond acceptors (Lipinski definition) is 4. The van der Waals surface area contributed by atoms with E-state index in [1.165, 1.54) is 19.2 Å². The molecule has 1 aromatic heterocycles. The minimum absolute atomic E-state index is 0.0155. The Balaban J connectivity index is 1.61. The summed E-state index contributed by atoms with van der Waals surface area (Å²) < 4.78 is 66.4. The van der Waals surface area contributed by atoms with Crippen LogP contribution >= 0.6 is 0 Å². The van der Waals surface area contributed by atoms with Gasteiger partial charge in [0, 0.05) is 17.0 Å². The first-order valence-electron chi connectivity index (χ1n) is 11.1. The highest BCUT2D eigenvalue weighted by molar-refractivity contribution is 5.67. The van der Waals surface area contributed by atoms with Gasteiger partial charge in [-0.2, -0.15) is 13.2 Å². The molecule has 0 saturated carbocycles. The summed E-state index contributed by atoms with van der Waals surface area (Å²) in [6.07, 6.45) is -1.91. The minimum Gasteiger partial charge on any atom is -0.481 e. The number of benzene rings is 2. The molecule has 3 aromatic rings. The van der Waals surface area contributed by atoms with Crippen molar-refractivity contribution in [3.63, 3.8) is 0 Å². The van der Waals surface area contributed by atoms with Gasteiger partial charge >= 0.3 is 6.18 Å². The maximum absolute atomic E-state index is 14.4. The van der Waals surface area contributed by atoms with E-state index < -0.39 is 17.6 Å². The second-order valence-corrected chi connectivity index (χ2v) is 8.51. The zero-order valence-corrected chi connectivity index (χ0v) is 18.8.